The summed E-state index contributed by atoms with van der Waals surface area (Å²) in [4.78, 5) is 17.5. The van der Waals surface area contributed by atoms with E-state index in [1.165, 1.54) is 12.4 Å². The summed E-state index contributed by atoms with van der Waals surface area (Å²) in [6, 6.07) is 0. The minimum absolute atomic E-state index is 0.0262. The van der Waals surface area contributed by atoms with Crippen LogP contribution in [0.5, 0.6) is 0 Å². The molecule has 1 N–H and O–H groups in total. The van der Waals surface area contributed by atoms with Gasteiger partial charge in [0.1, 0.15) is 0 Å². The topological polar surface area (TPSA) is 97.2 Å². The molecular weight excluding hydrogens is 220 g/mol. The Morgan fingerprint density at radius 2 is 1.93 bits per heavy atom. The number of carboxylic acids is 1. The van der Waals surface area contributed by atoms with E-state index >= 15 is 0 Å². The number of aromatic nitrogens is 2. The van der Waals surface area contributed by atoms with E-state index in [9.17, 15) is 13.2 Å². The SMILES string of the molecule is CS(=O)(=O)c1ncc(CCC(=O)O)cn1. The summed E-state index contributed by atoms with van der Waals surface area (Å²) < 4.78 is 22.0. The number of nitrogens with zero attached hydrogens (tertiary/aromatic N) is 2. The molecule has 0 unspecified atom stereocenters. The van der Waals surface area contributed by atoms with E-state index in [1.54, 1.807) is 0 Å². The second-order valence-corrected chi connectivity index (χ2v) is 4.95. The number of carboxylic acid groups (broad SMARTS) is 1. The number of aryl methyl sites for hydroxylation is 1. The van der Waals surface area contributed by atoms with Gasteiger partial charge in [-0.1, -0.05) is 0 Å². The summed E-state index contributed by atoms with van der Waals surface area (Å²) in [6.45, 7) is 0. The van der Waals surface area contributed by atoms with Gasteiger partial charge in [0.05, 0.1) is 0 Å². The second-order valence-electron chi connectivity index (χ2n) is 3.04. The maximum Gasteiger partial charge on any atom is 0.303 e. The molecule has 0 atom stereocenters. The van der Waals surface area contributed by atoms with Gasteiger partial charge < -0.3 is 5.11 Å². The molecule has 1 rings (SSSR count). The van der Waals surface area contributed by atoms with Crippen LogP contribution < -0.4 is 0 Å². The average molecular weight is 230 g/mol. The van der Waals surface area contributed by atoms with Gasteiger partial charge in [-0.05, 0) is 12.0 Å². The van der Waals surface area contributed by atoms with Crippen LogP contribution in [0.25, 0.3) is 0 Å². The van der Waals surface area contributed by atoms with Crippen molar-refractivity contribution in [3.8, 4) is 0 Å². The number of carbonyl (C=O) groups is 1. The Bertz CT molecular complexity index is 452. The highest BCUT2D eigenvalue weighted by Gasteiger charge is 2.10. The lowest BCUT2D eigenvalue weighted by Crippen LogP contribution is -2.05. The monoisotopic (exact) mass is 230 g/mol. The number of rotatable bonds is 4. The van der Waals surface area contributed by atoms with Crippen molar-refractivity contribution in [1.29, 1.82) is 0 Å². The maximum atomic E-state index is 11.0. The lowest BCUT2D eigenvalue weighted by Gasteiger charge is -1.99. The fraction of sp³-hybridized carbons (Fsp3) is 0.375. The van der Waals surface area contributed by atoms with Gasteiger partial charge in [-0.25, -0.2) is 18.4 Å². The maximum absolute atomic E-state index is 11.0. The zero-order valence-corrected chi connectivity index (χ0v) is 8.86. The first-order valence-corrected chi connectivity index (χ1v) is 6.01. The first kappa shape index (κ1) is 11.6. The highest BCUT2D eigenvalue weighted by molar-refractivity contribution is 7.90. The zero-order chi connectivity index (χ0) is 11.5. The van der Waals surface area contributed by atoms with Crippen molar-refractivity contribution in [2.24, 2.45) is 0 Å². The third kappa shape index (κ3) is 3.62. The highest BCUT2D eigenvalue weighted by Crippen LogP contribution is 2.04. The molecule has 1 aromatic rings. The van der Waals surface area contributed by atoms with Crippen molar-refractivity contribution < 1.29 is 18.3 Å². The molecule has 0 bridgehead atoms. The normalized spacial score (nSPS) is 11.3. The molecule has 0 amide bonds. The summed E-state index contributed by atoms with van der Waals surface area (Å²) in [5.74, 6) is -0.915. The van der Waals surface area contributed by atoms with Crippen LogP contribution in [0.15, 0.2) is 17.6 Å². The van der Waals surface area contributed by atoms with E-state index in [0.29, 0.717) is 12.0 Å². The molecule has 0 aliphatic carbocycles. The number of hydrogen-bond acceptors (Lipinski definition) is 5. The van der Waals surface area contributed by atoms with Crippen molar-refractivity contribution in [2.45, 2.75) is 18.0 Å². The van der Waals surface area contributed by atoms with E-state index in [-0.39, 0.29) is 11.6 Å². The average Bonchev–Trinajstić information content (AvgIpc) is 2.14. The van der Waals surface area contributed by atoms with Gasteiger partial charge >= 0.3 is 5.97 Å². The van der Waals surface area contributed by atoms with Gasteiger partial charge in [0.25, 0.3) is 0 Å². The second kappa shape index (κ2) is 4.35. The number of aliphatic carboxylic acids is 1. The van der Waals surface area contributed by atoms with Gasteiger partial charge in [-0.2, -0.15) is 0 Å². The minimum Gasteiger partial charge on any atom is -0.481 e. The molecule has 6 nitrogen and oxygen atoms in total. The summed E-state index contributed by atoms with van der Waals surface area (Å²) in [5, 5.41) is 8.17. The van der Waals surface area contributed by atoms with E-state index in [1.807, 2.05) is 0 Å². The summed E-state index contributed by atoms with van der Waals surface area (Å²) >= 11 is 0. The van der Waals surface area contributed by atoms with Crippen molar-refractivity contribution in [3.05, 3.63) is 18.0 Å². The smallest absolute Gasteiger partial charge is 0.303 e. The lowest BCUT2D eigenvalue weighted by atomic mass is 10.2. The van der Waals surface area contributed by atoms with Crippen molar-refractivity contribution in [3.63, 3.8) is 0 Å². The molecule has 0 saturated carbocycles. The Hall–Kier alpha value is -1.50. The number of hydrogen-bond donors (Lipinski definition) is 1. The van der Waals surface area contributed by atoms with Crippen LogP contribution in [0.3, 0.4) is 0 Å². The molecule has 1 aromatic heterocycles. The van der Waals surface area contributed by atoms with E-state index in [0.717, 1.165) is 6.26 Å². The van der Waals surface area contributed by atoms with Gasteiger partial charge in [0.2, 0.25) is 15.0 Å². The molecule has 0 spiro atoms. The number of sulfone groups is 1. The molecule has 0 fully saturated rings. The van der Waals surface area contributed by atoms with Crippen molar-refractivity contribution in [2.75, 3.05) is 6.26 Å². The Kier molecular flexibility index (Phi) is 3.35. The lowest BCUT2D eigenvalue weighted by molar-refractivity contribution is -0.136. The van der Waals surface area contributed by atoms with Gasteiger partial charge in [-0.15, -0.1) is 0 Å². The largest absolute Gasteiger partial charge is 0.481 e. The van der Waals surface area contributed by atoms with E-state index in [2.05, 4.69) is 9.97 Å². The summed E-state index contributed by atoms with van der Waals surface area (Å²) in [6.07, 6.45) is 3.93. The molecule has 0 aromatic carbocycles. The van der Waals surface area contributed by atoms with Crippen molar-refractivity contribution in [1.82, 2.24) is 9.97 Å². The van der Waals surface area contributed by atoms with Crippen LogP contribution in [0.4, 0.5) is 0 Å². The van der Waals surface area contributed by atoms with Gasteiger partial charge in [0.15, 0.2) is 0 Å². The Morgan fingerprint density at radius 1 is 1.40 bits per heavy atom. The fourth-order valence-corrected chi connectivity index (χ4v) is 1.40. The van der Waals surface area contributed by atoms with E-state index in [4.69, 9.17) is 5.11 Å². The molecule has 0 aliphatic heterocycles. The predicted molar refractivity (Wildman–Crippen MR) is 51.1 cm³/mol. The minimum atomic E-state index is -3.39. The first-order valence-electron chi connectivity index (χ1n) is 4.12. The van der Waals surface area contributed by atoms with Crippen LogP contribution in [-0.2, 0) is 21.1 Å². The van der Waals surface area contributed by atoms with Crippen LogP contribution in [0.2, 0.25) is 0 Å². The standard InChI is InChI=1S/C8H10N2O4S/c1-15(13,14)8-9-4-6(5-10-8)2-3-7(11)12/h4-5H,2-3H2,1H3,(H,11,12). The first-order chi connectivity index (χ1) is 6.89. The Morgan fingerprint density at radius 3 is 2.33 bits per heavy atom. The van der Waals surface area contributed by atoms with E-state index < -0.39 is 15.8 Å². The van der Waals surface area contributed by atoms with Crippen LogP contribution in [0, 0.1) is 0 Å². The van der Waals surface area contributed by atoms with Gasteiger partial charge in [0, 0.05) is 25.1 Å². The molecule has 82 valence electrons. The molecule has 0 saturated heterocycles. The van der Waals surface area contributed by atoms with Crippen LogP contribution in [0.1, 0.15) is 12.0 Å². The Labute approximate surface area is 86.9 Å². The quantitative estimate of drug-likeness (QED) is 0.725. The molecular formula is C8H10N2O4S. The zero-order valence-electron chi connectivity index (χ0n) is 8.04. The summed E-state index contributed by atoms with van der Waals surface area (Å²) in [7, 11) is -3.39. The molecule has 7 heteroatoms. The summed E-state index contributed by atoms with van der Waals surface area (Å²) in [5.41, 5.74) is 0.602. The third-order valence-electron chi connectivity index (χ3n) is 1.64. The molecule has 15 heavy (non-hydrogen) atoms. The highest BCUT2D eigenvalue weighted by atomic mass is 32.2. The fourth-order valence-electron chi connectivity index (χ4n) is 0.915. The molecule has 0 aliphatic rings. The van der Waals surface area contributed by atoms with Crippen LogP contribution in [-0.4, -0.2) is 35.7 Å². The Balaban J connectivity index is 2.77. The predicted octanol–water partition coefficient (Wildman–Crippen LogP) is -0.103. The molecule has 1 heterocycles. The van der Waals surface area contributed by atoms with Crippen LogP contribution >= 0.6 is 0 Å². The third-order valence-corrected chi connectivity index (χ3v) is 2.51. The molecule has 0 radical (unpaired) electrons. The van der Waals surface area contributed by atoms with Gasteiger partial charge in [-0.3, -0.25) is 4.79 Å². The van der Waals surface area contributed by atoms with Crippen molar-refractivity contribution >= 4 is 15.8 Å².